The van der Waals surface area contributed by atoms with Crippen LogP contribution >= 0.6 is 0 Å². The van der Waals surface area contributed by atoms with E-state index in [9.17, 15) is 4.79 Å². The van der Waals surface area contributed by atoms with Gasteiger partial charge in [0.15, 0.2) is 11.5 Å². The topological polar surface area (TPSA) is 47.6 Å². The van der Waals surface area contributed by atoms with Crippen LogP contribution in [-0.4, -0.2) is 19.6 Å². The summed E-state index contributed by atoms with van der Waals surface area (Å²) in [6.45, 7) is 6.41. The smallest absolute Gasteiger partial charge is 0.255 e. The molecule has 0 atom stereocenters. The molecule has 2 aromatic rings. The van der Waals surface area contributed by atoms with Crippen molar-refractivity contribution in [3.63, 3.8) is 0 Å². The highest BCUT2D eigenvalue weighted by Crippen LogP contribution is 2.28. The van der Waals surface area contributed by atoms with Crippen LogP contribution in [0.15, 0.2) is 36.4 Å². The molecule has 0 heterocycles. The van der Waals surface area contributed by atoms with Gasteiger partial charge in [0.05, 0.1) is 13.7 Å². The van der Waals surface area contributed by atoms with Gasteiger partial charge in [-0.15, -0.1) is 0 Å². The molecule has 0 saturated heterocycles. The number of hydrogen-bond donors (Lipinski definition) is 1. The van der Waals surface area contributed by atoms with Gasteiger partial charge in [0.2, 0.25) is 0 Å². The van der Waals surface area contributed by atoms with Crippen molar-refractivity contribution in [2.75, 3.05) is 19.0 Å². The minimum Gasteiger partial charge on any atom is -0.493 e. The fourth-order valence-corrected chi connectivity index (χ4v) is 2.34. The Morgan fingerprint density at radius 2 is 1.73 bits per heavy atom. The van der Waals surface area contributed by atoms with E-state index in [2.05, 4.69) is 11.4 Å². The number of carbonyl (C=O) groups excluding carboxylic acids is 1. The van der Waals surface area contributed by atoms with Crippen LogP contribution in [0.4, 0.5) is 5.69 Å². The molecule has 0 saturated carbocycles. The quantitative estimate of drug-likeness (QED) is 0.909. The van der Waals surface area contributed by atoms with E-state index < -0.39 is 0 Å². The number of anilines is 1. The van der Waals surface area contributed by atoms with Gasteiger partial charge in [0.25, 0.3) is 5.91 Å². The molecule has 0 aliphatic heterocycles. The molecule has 1 amide bonds. The van der Waals surface area contributed by atoms with Crippen LogP contribution in [-0.2, 0) is 0 Å². The van der Waals surface area contributed by atoms with Gasteiger partial charge in [-0.05, 0) is 62.2 Å². The molecule has 2 rings (SSSR count). The third-order valence-corrected chi connectivity index (χ3v) is 3.21. The van der Waals surface area contributed by atoms with Crippen molar-refractivity contribution in [3.05, 3.63) is 53.1 Å². The van der Waals surface area contributed by atoms with Crippen molar-refractivity contribution in [2.24, 2.45) is 0 Å². The first-order chi connectivity index (χ1) is 10.5. The summed E-state index contributed by atoms with van der Waals surface area (Å²) in [6, 6.07) is 11.1. The van der Waals surface area contributed by atoms with Crippen molar-refractivity contribution < 1.29 is 14.3 Å². The highest BCUT2D eigenvalue weighted by molar-refractivity contribution is 6.04. The van der Waals surface area contributed by atoms with Crippen LogP contribution in [0.5, 0.6) is 11.5 Å². The molecule has 0 aliphatic rings. The van der Waals surface area contributed by atoms with E-state index >= 15 is 0 Å². The second-order valence-corrected chi connectivity index (χ2v) is 5.13. The molecule has 0 fully saturated rings. The third-order valence-electron chi connectivity index (χ3n) is 3.21. The molecule has 0 unspecified atom stereocenters. The maximum absolute atomic E-state index is 12.4. The monoisotopic (exact) mass is 299 g/mol. The summed E-state index contributed by atoms with van der Waals surface area (Å²) in [5.41, 5.74) is 3.54. The molecule has 2 aromatic carbocycles. The number of ether oxygens (including phenoxy) is 2. The van der Waals surface area contributed by atoms with Crippen molar-refractivity contribution in [3.8, 4) is 11.5 Å². The SMILES string of the molecule is CCOc1cc(C(=O)Nc2cc(C)cc(C)c2)ccc1OC. The second kappa shape index (κ2) is 6.98. The molecule has 4 nitrogen and oxygen atoms in total. The number of methoxy groups -OCH3 is 1. The first-order valence-corrected chi connectivity index (χ1v) is 7.24. The Hall–Kier alpha value is -2.49. The zero-order valence-corrected chi connectivity index (χ0v) is 13.4. The van der Waals surface area contributed by atoms with Crippen LogP contribution in [0.25, 0.3) is 0 Å². The Balaban J connectivity index is 2.23. The summed E-state index contributed by atoms with van der Waals surface area (Å²) in [5.74, 6) is 1.01. The highest BCUT2D eigenvalue weighted by atomic mass is 16.5. The summed E-state index contributed by atoms with van der Waals surface area (Å²) >= 11 is 0. The molecule has 0 aromatic heterocycles. The molecule has 1 N–H and O–H groups in total. The van der Waals surface area contributed by atoms with Crippen molar-refractivity contribution in [1.29, 1.82) is 0 Å². The molecule has 22 heavy (non-hydrogen) atoms. The van der Waals surface area contributed by atoms with Crippen LogP contribution in [0, 0.1) is 13.8 Å². The normalized spacial score (nSPS) is 10.2. The zero-order chi connectivity index (χ0) is 16.1. The van der Waals surface area contributed by atoms with Gasteiger partial charge in [-0.3, -0.25) is 4.79 Å². The minimum absolute atomic E-state index is 0.173. The largest absolute Gasteiger partial charge is 0.493 e. The summed E-state index contributed by atoms with van der Waals surface area (Å²) in [4.78, 5) is 12.4. The molecule has 0 spiro atoms. The predicted octanol–water partition coefficient (Wildman–Crippen LogP) is 3.96. The summed E-state index contributed by atoms with van der Waals surface area (Å²) in [7, 11) is 1.58. The first-order valence-electron chi connectivity index (χ1n) is 7.24. The number of carbonyl (C=O) groups is 1. The fourth-order valence-electron chi connectivity index (χ4n) is 2.34. The molecule has 4 heteroatoms. The lowest BCUT2D eigenvalue weighted by atomic mass is 10.1. The predicted molar refractivity (Wildman–Crippen MR) is 88.0 cm³/mol. The lowest BCUT2D eigenvalue weighted by Crippen LogP contribution is -2.12. The Morgan fingerprint density at radius 1 is 1.05 bits per heavy atom. The van der Waals surface area contributed by atoms with E-state index in [0.29, 0.717) is 23.7 Å². The molecule has 0 radical (unpaired) electrons. The lowest BCUT2D eigenvalue weighted by Gasteiger charge is -2.12. The van der Waals surface area contributed by atoms with Crippen molar-refractivity contribution in [2.45, 2.75) is 20.8 Å². The second-order valence-electron chi connectivity index (χ2n) is 5.13. The number of benzene rings is 2. The number of nitrogens with one attached hydrogen (secondary N) is 1. The van der Waals surface area contributed by atoms with Gasteiger partial charge >= 0.3 is 0 Å². The van der Waals surface area contributed by atoms with Crippen LogP contribution in [0.3, 0.4) is 0 Å². The van der Waals surface area contributed by atoms with Crippen molar-refractivity contribution >= 4 is 11.6 Å². The summed E-state index contributed by atoms with van der Waals surface area (Å²) < 4.78 is 10.7. The Kier molecular flexibility index (Phi) is 5.04. The van der Waals surface area contributed by atoms with E-state index in [4.69, 9.17) is 9.47 Å². The molecular weight excluding hydrogens is 278 g/mol. The van der Waals surface area contributed by atoms with Gasteiger partial charge in [-0.2, -0.15) is 0 Å². The molecule has 116 valence electrons. The first kappa shape index (κ1) is 15.9. The number of hydrogen-bond acceptors (Lipinski definition) is 3. The van der Waals surface area contributed by atoms with Crippen LogP contribution in [0.2, 0.25) is 0 Å². The highest BCUT2D eigenvalue weighted by Gasteiger charge is 2.11. The Labute approximate surface area is 131 Å². The summed E-state index contributed by atoms with van der Waals surface area (Å²) in [6.07, 6.45) is 0. The van der Waals surface area contributed by atoms with Gasteiger partial charge in [-0.1, -0.05) is 6.07 Å². The Bertz CT molecular complexity index is 660. The van der Waals surface area contributed by atoms with E-state index in [-0.39, 0.29) is 5.91 Å². The maximum atomic E-state index is 12.4. The van der Waals surface area contributed by atoms with E-state index in [1.807, 2.05) is 32.9 Å². The number of aryl methyl sites for hydroxylation is 2. The van der Waals surface area contributed by atoms with Crippen LogP contribution in [0.1, 0.15) is 28.4 Å². The third kappa shape index (κ3) is 3.79. The number of rotatable bonds is 5. The minimum atomic E-state index is -0.173. The lowest BCUT2D eigenvalue weighted by molar-refractivity contribution is 0.102. The van der Waals surface area contributed by atoms with E-state index in [1.54, 1.807) is 25.3 Å². The Morgan fingerprint density at radius 3 is 2.32 bits per heavy atom. The average Bonchev–Trinajstić information content (AvgIpc) is 2.46. The van der Waals surface area contributed by atoms with Gasteiger partial charge in [-0.25, -0.2) is 0 Å². The van der Waals surface area contributed by atoms with E-state index in [0.717, 1.165) is 16.8 Å². The number of amides is 1. The van der Waals surface area contributed by atoms with E-state index in [1.165, 1.54) is 0 Å². The standard InChI is InChI=1S/C18H21NO3/c1-5-22-17-11-14(6-7-16(17)21-4)18(20)19-15-9-12(2)8-13(3)10-15/h6-11H,5H2,1-4H3,(H,19,20). The zero-order valence-electron chi connectivity index (χ0n) is 13.4. The van der Waals surface area contributed by atoms with Gasteiger partial charge < -0.3 is 14.8 Å². The average molecular weight is 299 g/mol. The fraction of sp³-hybridized carbons (Fsp3) is 0.278. The summed E-state index contributed by atoms with van der Waals surface area (Å²) in [5, 5.41) is 2.91. The molecule has 0 bridgehead atoms. The van der Waals surface area contributed by atoms with Gasteiger partial charge in [0, 0.05) is 11.3 Å². The molecule has 0 aliphatic carbocycles. The maximum Gasteiger partial charge on any atom is 0.255 e. The molecular formula is C18H21NO3. The van der Waals surface area contributed by atoms with Gasteiger partial charge in [0.1, 0.15) is 0 Å². The van der Waals surface area contributed by atoms with Crippen LogP contribution < -0.4 is 14.8 Å². The van der Waals surface area contributed by atoms with Crippen molar-refractivity contribution in [1.82, 2.24) is 0 Å².